The van der Waals surface area contributed by atoms with Crippen molar-refractivity contribution in [3.05, 3.63) is 46.1 Å². The van der Waals surface area contributed by atoms with Gasteiger partial charge in [-0.15, -0.1) is 23.1 Å². The number of benzene rings is 1. The highest BCUT2D eigenvalue weighted by Gasteiger charge is 2.24. The van der Waals surface area contributed by atoms with Crippen molar-refractivity contribution in [1.82, 2.24) is 15.3 Å². The van der Waals surface area contributed by atoms with Crippen molar-refractivity contribution < 1.29 is 4.79 Å². The van der Waals surface area contributed by atoms with E-state index in [4.69, 9.17) is 4.98 Å². The molecule has 5 nitrogen and oxygen atoms in total. The van der Waals surface area contributed by atoms with Crippen LogP contribution < -0.4 is 10.2 Å². The van der Waals surface area contributed by atoms with Gasteiger partial charge < -0.3 is 10.2 Å². The van der Waals surface area contributed by atoms with Gasteiger partial charge in [-0.1, -0.05) is 12.1 Å². The molecule has 1 saturated heterocycles. The minimum Gasteiger partial charge on any atom is -0.356 e. The van der Waals surface area contributed by atoms with E-state index in [1.807, 2.05) is 13.8 Å². The highest BCUT2D eigenvalue weighted by molar-refractivity contribution is 7.98. The second kappa shape index (κ2) is 8.09. The molecular formula is C21H24N4OS2. The van der Waals surface area contributed by atoms with E-state index in [0.29, 0.717) is 6.54 Å². The Morgan fingerprint density at radius 1 is 1.18 bits per heavy atom. The van der Waals surface area contributed by atoms with Gasteiger partial charge in [0.15, 0.2) is 0 Å². The van der Waals surface area contributed by atoms with Gasteiger partial charge in [0.25, 0.3) is 5.91 Å². The van der Waals surface area contributed by atoms with Crippen molar-refractivity contribution in [3.63, 3.8) is 0 Å². The fraction of sp³-hybridized carbons (Fsp3) is 0.381. The van der Waals surface area contributed by atoms with Gasteiger partial charge in [0.2, 0.25) is 0 Å². The summed E-state index contributed by atoms with van der Waals surface area (Å²) in [6.45, 7) is 6.50. The van der Waals surface area contributed by atoms with Crippen LogP contribution in [0.2, 0.25) is 0 Å². The molecule has 0 unspecified atom stereocenters. The first kappa shape index (κ1) is 19.2. The molecule has 1 fully saturated rings. The summed E-state index contributed by atoms with van der Waals surface area (Å²) in [5.74, 6) is 1.71. The second-order valence-electron chi connectivity index (χ2n) is 7.06. The van der Waals surface area contributed by atoms with Crippen molar-refractivity contribution >= 4 is 45.0 Å². The Morgan fingerprint density at radius 2 is 1.89 bits per heavy atom. The van der Waals surface area contributed by atoms with Crippen molar-refractivity contribution in [2.45, 2.75) is 38.1 Å². The highest BCUT2D eigenvalue weighted by atomic mass is 32.2. The van der Waals surface area contributed by atoms with Crippen LogP contribution >= 0.6 is 23.1 Å². The number of amides is 1. The van der Waals surface area contributed by atoms with Crippen LogP contribution in [0.5, 0.6) is 0 Å². The lowest BCUT2D eigenvalue weighted by Gasteiger charge is -2.18. The molecule has 0 atom stereocenters. The van der Waals surface area contributed by atoms with Crippen LogP contribution in [-0.2, 0) is 6.54 Å². The summed E-state index contributed by atoms with van der Waals surface area (Å²) in [7, 11) is 0. The normalized spacial score (nSPS) is 14.0. The Labute approximate surface area is 173 Å². The molecule has 1 aromatic carbocycles. The molecule has 0 bridgehead atoms. The number of carbonyl (C=O) groups excluding carboxylic acids is 1. The molecule has 3 aromatic rings. The van der Waals surface area contributed by atoms with Gasteiger partial charge in [0.1, 0.15) is 16.5 Å². The zero-order chi connectivity index (χ0) is 19.7. The maximum atomic E-state index is 12.9. The number of nitrogens with one attached hydrogen (secondary N) is 1. The second-order valence-corrected chi connectivity index (χ2v) is 8.93. The van der Waals surface area contributed by atoms with Crippen LogP contribution in [0, 0.1) is 13.8 Å². The molecule has 4 rings (SSSR count). The van der Waals surface area contributed by atoms with Crippen LogP contribution in [0.15, 0.2) is 29.2 Å². The third-order valence-electron chi connectivity index (χ3n) is 5.11. The van der Waals surface area contributed by atoms with Crippen molar-refractivity contribution in [2.75, 3.05) is 24.2 Å². The minimum atomic E-state index is -0.0422. The average Bonchev–Trinajstić information content (AvgIpc) is 3.34. The van der Waals surface area contributed by atoms with Gasteiger partial charge >= 0.3 is 0 Å². The fourth-order valence-corrected chi connectivity index (χ4v) is 5.15. The molecule has 2 aromatic heterocycles. The predicted octanol–water partition coefficient (Wildman–Crippen LogP) is 4.56. The maximum Gasteiger partial charge on any atom is 0.261 e. The Bertz CT molecular complexity index is 1010. The Kier molecular flexibility index (Phi) is 5.55. The zero-order valence-electron chi connectivity index (χ0n) is 16.4. The number of fused-ring (bicyclic) bond motifs is 1. The lowest BCUT2D eigenvalue weighted by Crippen LogP contribution is -2.22. The number of aromatic nitrogens is 2. The maximum absolute atomic E-state index is 12.9. The smallest absolute Gasteiger partial charge is 0.261 e. The standard InChI is InChI=1S/C21H24N4OS2/c1-13-17-19(25-10-4-5-11-25)23-14(2)24-21(17)28-18(13)20(26)22-12-15-6-8-16(27-3)9-7-15/h6-9H,4-5,10-12H2,1-3H3,(H,22,26). The number of nitrogens with zero attached hydrogens (tertiary/aromatic N) is 3. The topological polar surface area (TPSA) is 58.1 Å². The Hall–Kier alpha value is -2.12. The molecule has 1 aliphatic heterocycles. The zero-order valence-corrected chi connectivity index (χ0v) is 18.0. The van der Waals surface area contributed by atoms with E-state index in [2.05, 4.69) is 45.7 Å². The number of hydrogen-bond acceptors (Lipinski definition) is 6. The largest absolute Gasteiger partial charge is 0.356 e. The summed E-state index contributed by atoms with van der Waals surface area (Å²) in [5, 5.41) is 4.10. The number of carbonyl (C=O) groups is 1. The number of thiophene rings is 1. The number of thioether (sulfide) groups is 1. The van der Waals surface area contributed by atoms with Crippen LogP contribution in [0.25, 0.3) is 10.2 Å². The van der Waals surface area contributed by atoms with E-state index in [0.717, 1.165) is 51.0 Å². The molecule has 28 heavy (non-hydrogen) atoms. The SMILES string of the molecule is CSc1ccc(CNC(=O)c2sc3nc(C)nc(N4CCCC4)c3c2C)cc1. The average molecular weight is 413 g/mol. The van der Waals surface area contributed by atoms with Crippen molar-refractivity contribution in [2.24, 2.45) is 0 Å². The quantitative estimate of drug-likeness (QED) is 0.623. The van der Waals surface area contributed by atoms with Gasteiger partial charge in [-0.3, -0.25) is 4.79 Å². The monoisotopic (exact) mass is 412 g/mol. The van der Waals surface area contributed by atoms with Gasteiger partial charge in [0, 0.05) is 24.5 Å². The molecule has 146 valence electrons. The third kappa shape index (κ3) is 3.73. The molecule has 1 N–H and O–H groups in total. The third-order valence-corrected chi connectivity index (χ3v) is 7.03. The van der Waals surface area contributed by atoms with Crippen LogP contribution in [0.3, 0.4) is 0 Å². The molecule has 1 amide bonds. The highest BCUT2D eigenvalue weighted by Crippen LogP contribution is 2.36. The number of aryl methyl sites for hydroxylation is 2. The first-order valence-electron chi connectivity index (χ1n) is 9.50. The predicted molar refractivity (Wildman–Crippen MR) is 118 cm³/mol. The van der Waals surface area contributed by atoms with Crippen LogP contribution in [0.1, 0.15) is 39.5 Å². The van der Waals surface area contributed by atoms with E-state index < -0.39 is 0 Å². The van der Waals surface area contributed by atoms with E-state index in [9.17, 15) is 4.79 Å². The summed E-state index contributed by atoms with van der Waals surface area (Å²) in [6, 6.07) is 8.28. The molecule has 0 aliphatic carbocycles. The lowest BCUT2D eigenvalue weighted by atomic mass is 10.1. The molecule has 0 saturated carbocycles. The van der Waals surface area contributed by atoms with E-state index in [1.165, 1.54) is 29.1 Å². The van der Waals surface area contributed by atoms with E-state index >= 15 is 0 Å². The van der Waals surface area contributed by atoms with Gasteiger partial charge in [-0.05, 0) is 56.2 Å². The number of rotatable bonds is 5. The van der Waals surface area contributed by atoms with Crippen LogP contribution in [0.4, 0.5) is 5.82 Å². The summed E-state index contributed by atoms with van der Waals surface area (Å²) in [5.41, 5.74) is 2.08. The van der Waals surface area contributed by atoms with E-state index in [-0.39, 0.29) is 5.91 Å². The Morgan fingerprint density at radius 3 is 2.57 bits per heavy atom. The molecular weight excluding hydrogens is 388 g/mol. The van der Waals surface area contributed by atoms with Gasteiger partial charge in [-0.25, -0.2) is 9.97 Å². The molecule has 0 radical (unpaired) electrons. The molecule has 7 heteroatoms. The first-order valence-corrected chi connectivity index (χ1v) is 11.5. The fourth-order valence-electron chi connectivity index (χ4n) is 3.60. The summed E-state index contributed by atoms with van der Waals surface area (Å²) in [4.78, 5) is 27.4. The van der Waals surface area contributed by atoms with Gasteiger partial charge in [-0.2, -0.15) is 0 Å². The molecule has 3 heterocycles. The van der Waals surface area contributed by atoms with E-state index in [1.54, 1.807) is 11.8 Å². The Balaban J connectivity index is 1.60. The summed E-state index contributed by atoms with van der Waals surface area (Å²) in [6.07, 6.45) is 4.44. The summed E-state index contributed by atoms with van der Waals surface area (Å²) >= 11 is 3.18. The van der Waals surface area contributed by atoms with Crippen LogP contribution in [-0.4, -0.2) is 35.2 Å². The number of anilines is 1. The molecule has 0 spiro atoms. The van der Waals surface area contributed by atoms with Crippen molar-refractivity contribution in [3.8, 4) is 0 Å². The minimum absolute atomic E-state index is 0.0422. The first-order chi connectivity index (χ1) is 13.6. The lowest BCUT2D eigenvalue weighted by molar-refractivity contribution is 0.0954. The number of hydrogen-bond donors (Lipinski definition) is 1. The van der Waals surface area contributed by atoms with Gasteiger partial charge in [0.05, 0.1) is 10.3 Å². The summed E-state index contributed by atoms with van der Waals surface area (Å²) < 4.78 is 0. The molecule has 1 aliphatic rings. The van der Waals surface area contributed by atoms with Crippen molar-refractivity contribution in [1.29, 1.82) is 0 Å².